The van der Waals surface area contributed by atoms with Crippen molar-refractivity contribution < 1.29 is 23.8 Å². The molecule has 1 amide bonds. The maximum Gasteiger partial charge on any atom is 0.408 e. The van der Waals surface area contributed by atoms with Crippen LogP contribution in [0.2, 0.25) is 0 Å². The molecule has 10 heteroatoms. The van der Waals surface area contributed by atoms with Crippen molar-refractivity contribution in [3.05, 3.63) is 61.9 Å². The topological polar surface area (TPSA) is 118 Å². The fraction of sp³-hybridized carbons (Fsp3) is 0.455. The fourth-order valence-electron chi connectivity index (χ4n) is 3.42. The predicted octanol–water partition coefficient (Wildman–Crippen LogP) is 1.18. The first kappa shape index (κ1) is 23.3. The van der Waals surface area contributed by atoms with Crippen LogP contribution in [0.1, 0.15) is 37.6 Å². The number of amides is 1. The Bertz CT molecular complexity index is 1140. The Morgan fingerprint density at radius 2 is 1.81 bits per heavy atom. The van der Waals surface area contributed by atoms with E-state index < -0.39 is 35.0 Å². The summed E-state index contributed by atoms with van der Waals surface area (Å²) < 4.78 is 17.8. The molecule has 0 spiro atoms. The summed E-state index contributed by atoms with van der Waals surface area (Å²) in [4.78, 5) is 49.8. The van der Waals surface area contributed by atoms with Gasteiger partial charge in [0.1, 0.15) is 11.6 Å². The summed E-state index contributed by atoms with van der Waals surface area (Å²) in [5, 5.41) is 2.51. The monoisotopic (exact) mass is 445 g/mol. The van der Waals surface area contributed by atoms with E-state index in [1.54, 1.807) is 52.1 Å². The third kappa shape index (κ3) is 4.91. The van der Waals surface area contributed by atoms with Gasteiger partial charge in [0.2, 0.25) is 0 Å². The van der Waals surface area contributed by atoms with Crippen molar-refractivity contribution in [3.63, 3.8) is 0 Å². The number of benzene rings is 1. The van der Waals surface area contributed by atoms with Crippen molar-refractivity contribution in [2.24, 2.45) is 7.05 Å². The number of esters is 1. The van der Waals surface area contributed by atoms with Gasteiger partial charge in [0.05, 0.1) is 37.3 Å². The van der Waals surface area contributed by atoms with Crippen LogP contribution in [-0.2, 0) is 45.7 Å². The molecule has 172 valence electrons. The number of hydrogen-bond acceptors (Lipinski definition) is 7. The molecule has 2 heterocycles. The van der Waals surface area contributed by atoms with Gasteiger partial charge in [-0.25, -0.2) is 19.0 Å². The van der Waals surface area contributed by atoms with Crippen LogP contribution in [0.4, 0.5) is 4.79 Å². The van der Waals surface area contributed by atoms with E-state index in [0.29, 0.717) is 22.5 Å². The van der Waals surface area contributed by atoms with Gasteiger partial charge in [-0.2, -0.15) is 0 Å². The van der Waals surface area contributed by atoms with E-state index >= 15 is 0 Å². The summed E-state index contributed by atoms with van der Waals surface area (Å²) in [5.74, 6) is -0.622. The van der Waals surface area contributed by atoms with E-state index in [9.17, 15) is 19.2 Å². The largest absolute Gasteiger partial charge is 0.467 e. The maximum atomic E-state index is 12.8. The summed E-state index contributed by atoms with van der Waals surface area (Å²) in [6.07, 6.45) is -0.600. The molecule has 2 aromatic rings. The van der Waals surface area contributed by atoms with Crippen LogP contribution in [0.25, 0.3) is 5.69 Å². The first-order valence-electron chi connectivity index (χ1n) is 10.1. The number of nitrogens with zero attached hydrogens (tertiary/aromatic N) is 2. The van der Waals surface area contributed by atoms with Gasteiger partial charge in [0.15, 0.2) is 0 Å². The van der Waals surface area contributed by atoms with Crippen molar-refractivity contribution in [3.8, 4) is 5.69 Å². The van der Waals surface area contributed by atoms with Crippen molar-refractivity contribution in [1.29, 1.82) is 0 Å². The Morgan fingerprint density at radius 1 is 1.16 bits per heavy atom. The number of nitrogens with one attached hydrogen (secondary N) is 1. The molecule has 1 aliphatic heterocycles. The first-order valence-corrected chi connectivity index (χ1v) is 10.1. The smallest absolute Gasteiger partial charge is 0.408 e. The molecule has 0 unspecified atom stereocenters. The van der Waals surface area contributed by atoms with Gasteiger partial charge in [0.25, 0.3) is 5.56 Å². The van der Waals surface area contributed by atoms with E-state index in [-0.39, 0.29) is 19.6 Å². The third-order valence-electron chi connectivity index (χ3n) is 4.99. The zero-order valence-corrected chi connectivity index (χ0v) is 18.8. The van der Waals surface area contributed by atoms with Gasteiger partial charge in [-0.3, -0.25) is 9.36 Å². The summed E-state index contributed by atoms with van der Waals surface area (Å²) in [6.45, 7) is 5.55. The number of alkyl carbamates (subject to hydrolysis) is 1. The van der Waals surface area contributed by atoms with Crippen LogP contribution in [0, 0.1) is 0 Å². The number of methoxy groups -OCH3 is 1. The molecule has 0 aliphatic carbocycles. The highest BCUT2D eigenvalue weighted by molar-refractivity contribution is 5.81. The van der Waals surface area contributed by atoms with E-state index in [0.717, 1.165) is 4.57 Å². The summed E-state index contributed by atoms with van der Waals surface area (Å²) in [6, 6.07) is 5.62. The lowest BCUT2D eigenvalue weighted by Crippen LogP contribution is -2.45. The van der Waals surface area contributed by atoms with Crippen LogP contribution < -0.4 is 16.6 Å². The molecular formula is C22H27N3O7. The highest BCUT2D eigenvalue weighted by Crippen LogP contribution is 2.16. The summed E-state index contributed by atoms with van der Waals surface area (Å²) in [5.41, 5.74) is 0.537. The Kier molecular flexibility index (Phi) is 6.54. The zero-order valence-electron chi connectivity index (χ0n) is 18.8. The van der Waals surface area contributed by atoms with Gasteiger partial charge < -0.3 is 19.5 Å². The Morgan fingerprint density at radius 3 is 2.41 bits per heavy atom. The average molecular weight is 445 g/mol. The van der Waals surface area contributed by atoms with Gasteiger partial charge >= 0.3 is 17.8 Å². The summed E-state index contributed by atoms with van der Waals surface area (Å²) in [7, 11) is 2.83. The number of rotatable bonds is 5. The quantitative estimate of drug-likeness (QED) is 0.687. The standard InChI is InChI=1S/C22H27N3O7/c1-22(2,3)32-20(28)23-16(19(27)30-5)10-13-6-8-14(9-7-13)25-18(26)15-11-31-12-17(15)24(4)21(25)29/h6-9,16H,10-12H2,1-5H3,(H,23,28)/t16-/m0/s1. The molecule has 0 radical (unpaired) electrons. The van der Waals surface area contributed by atoms with Gasteiger partial charge in [-0.15, -0.1) is 0 Å². The SMILES string of the molecule is COC(=O)[C@H](Cc1ccc(-n2c(=O)c3c(n(C)c2=O)COC3)cc1)NC(=O)OC(C)(C)C. The van der Waals surface area contributed by atoms with Gasteiger partial charge in [0, 0.05) is 13.5 Å². The van der Waals surface area contributed by atoms with E-state index in [4.69, 9.17) is 14.2 Å². The molecule has 0 saturated carbocycles. The number of hydrogen-bond donors (Lipinski definition) is 1. The van der Waals surface area contributed by atoms with Crippen molar-refractivity contribution >= 4 is 12.1 Å². The zero-order chi connectivity index (χ0) is 23.6. The number of fused-ring (bicyclic) bond motifs is 1. The molecule has 1 N–H and O–H groups in total. The predicted molar refractivity (Wildman–Crippen MR) is 115 cm³/mol. The first-order chi connectivity index (χ1) is 15.0. The molecule has 1 atom stereocenters. The lowest BCUT2D eigenvalue weighted by Gasteiger charge is -2.22. The van der Waals surface area contributed by atoms with E-state index in [2.05, 4.69) is 5.32 Å². The van der Waals surface area contributed by atoms with Gasteiger partial charge in [-0.1, -0.05) is 12.1 Å². The summed E-state index contributed by atoms with van der Waals surface area (Å²) >= 11 is 0. The highest BCUT2D eigenvalue weighted by atomic mass is 16.6. The van der Waals surface area contributed by atoms with E-state index in [1.165, 1.54) is 11.7 Å². The van der Waals surface area contributed by atoms with Crippen LogP contribution in [0.15, 0.2) is 33.9 Å². The number of carbonyl (C=O) groups excluding carboxylic acids is 2. The van der Waals surface area contributed by atoms with Crippen LogP contribution in [0.3, 0.4) is 0 Å². The lowest BCUT2D eigenvalue weighted by atomic mass is 10.1. The minimum atomic E-state index is -0.964. The molecule has 10 nitrogen and oxygen atoms in total. The van der Waals surface area contributed by atoms with Crippen LogP contribution in [0.5, 0.6) is 0 Å². The molecule has 32 heavy (non-hydrogen) atoms. The second-order valence-corrected chi connectivity index (χ2v) is 8.49. The fourth-order valence-corrected chi connectivity index (χ4v) is 3.42. The van der Waals surface area contributed by atoms with Crippen molar-refractivity contribution in [2.75, 3.05) is 7.11 Å². The second kappa shape index (κ2) is 8.99. The number of aromatic nitrogens is 2. The highest BCUT2D eigenvalue weighted by Gasteiger charge is 2.26. The number of carbonyl (C=O) groups is 2. The van der Waals surface area contributed by atoms with Gasteiger partial charge in [-0.05, 0) is 38.5 Å². The van der Waals surface area contributed by atoms with Crippen molar-refractivity contribution in [1.82, 2.24) is 14.5 Å². The third-order valence-corrected chi connectivity index (χ3v) is 4.99. The minimum Gasteiger partial charge on any atom is -0.467 e. The Balaban J connectivity index is 1.84. The molecule has 1 aromatic heterocycles. The Labute approximate surface area is 184 Å². The molecule has 1 aromatic carbocycles. The Hall–Kier alpha value is -3.40. The van der Waals surface area contributed by atoms with Crippen LogP contribution in [-0.4, -0.2) is 39.9 Å². The molecule has 0 bridgehead atoms. The second-order valence-electron chi connectivity index (χ2n) is 8.49. The number of ether oxygens (including phenoxy) is 3. The minimum absolute atomic E-state index is 0.136. The maximum absolute atomic E-state index is 12.8. The lowest BCUT2D eigenvalue weighted by molar-refractivity contribution is -0.143. The van der Waals surface area contributed by atoms with E-state index in [1.807, 2.05) is 0 Å². The molecule has 0 fully saturated rings. The van der Waals surface area contributed by atoms with Crippen LogP contribution >= 0.6 is 0 Å². The molecular weight excluding hydrogens is 418 g/mol. The van der Waals surface area contributed by atoms with Crippen molar-refractivity contribution in [2.45, 2.75) is 52.0 Å². The average Bonchev–Trinajstić information content (AvgIpc) is 3.21. The molecule has 3 rings (SSSR count). The normalized spacial score (nSPS) is 13.9. The molecule has 1 aliphatic rings. The molecule has 0 saturated heterocycles.